The fourth-order valence-corrected chi connectivity index (χ4v) is 4.74. The Morgan fingerprint density at radius 2 is 1.71 bits per heavy atom. The van der Waals surface area contributed by atoms with E-state index < -0.39 is 35.8 Å². The van der Waals surface area contributed by atoms with Crippen molar-refractivity contribution < 1.29 is 27.2 Å². The summed E-state index contributed by atoms with van der Waals surface area (Å²) in [5.74, 6) is -1.58. The van der Waals surface area contributed by atoms with Crippen LogP contribution in [-0.2, 0) is 20.9 Å². The van der Waals surface area contributed by atoms with Crippen LogP contribution in [0.5, 0.6) is 0 Å². The molecule has 182 valence electrons. The van der Waals surface area contributed by atoms with Crippen LogP contribution in [0.25, 0.3) is 0 Å². The molecule has 2 aromatic rings. The van der Waals surface area contributed by atoms with Gasteiger partial charge in [0.25, 0.3) is 0 Å². The highest BCUT2D eigenvalue weighted by Crippen LogP contribution is 2.49. The first kappa shape index (κ1) is 25.1. The average Bonchev–Trinajstić information content (AvgIpc) is 3.16. The highest BCUT2D eigenvalue weighted by molar-refractivity contribution is 6.48. The maximum absolute atomic E-state index is 15.2. The number of nitrogens with one attached hydrogen (secondary N) is 1. The van der Waals surface area contributed by atoms with Gasteiger partial charge < -0.3 is 10.2 Å². The van der Waals surface area contributed by atoms with E-state index in [1.807, 2.05) is 6.92 Å². The molecule has 2 aromatic carbocycles. The zero-order valence-electron chi connectivity index (χ0n) is 17.8. The zero-order valence-corrected chi connectivity index (χ0v) is 20.0. The quantitative estimate of drug-likeness (QED) is 0.332. The lowest BCUT2D eigenvalue weighted by Crippen LogP contribution is -2.47. The van der Waals surface area contributed by atoms with Crippen LogP contribution >= 0.6 is 34.8 Å². The fourth-order valence-electron chi connectivity index (χ4n) is 4.15. The summed E-state index contributed by atoms with van der Waals surface area (Å²) in [6.07, 6.45) is -4.44. The van der Waals surface area contributed by atoms with E-state index in [-0.39, 0.29) is 17.9 Å². The number of carbonyl (C=O) groups excluding carboxylic acids is 1. The molecule has 0 radical (unpaired) electrons. The molecule has 2 aliphatic rings. The highest BCUT2D eigenvalue weighted by atomic mass is 35.5. The lowest BCUT2D eigenvalue weighted by Gasteiger charge is -2.40. The number of oxime groups is 1. The molecule has 1 heterocycles. The van der Waals surface area contributed by atoms with Crippen molar-refractivity contribution >= 4 is 46.4 Å². The van der Waals surface area contributed by atoms with Crippen LogP contribution in [0.3, 0.4) is 0 Å². The van der Waals surface area contributed by atoms with E-state index in [2.05, 4.69) is 5.16 Å². The van der Waals surface area contributed by atoms with Crippen molar-refractivity contribution in [1.82, 2.24) is 5.32 Å². The first-order valence-corrected chi connectivity index (χ1v) is 11.5. The maximum Gasteiger partial charge on any atom is 0.405 e. The molecular formula is C23H19Cl3F4N2O2. The van der Waals surface area contributed by atoms with Crippen molar-refractivity contribution in [2.75, 3.05) is 6.54 Å². The molecule has 1 saturated carbocycles. The summed E-state index contributed by atoms with van der Waals surface area (Å²) in [4.78, 5) is 17.5. The van der Waals surface area contributed by atoms with Crippen molar-refractivity contribution in [1.29, 1.82) is 0 Å². The second-order valence-corrected chi connectivity index (χ2v) is 9.96. The Morgan fingerprint density at radius 3 is 2.26 bits per heavy atom. The molecule has 0 bridgehead atoms. The molecule has 1 N–H and O–H groups in total. The van der Waals surface area contributed by atoms with Gasteiger partial charge in [0.1, 0.15) is 12.2 Å². The summed E-state index contributed by atoms with van der Waals surface area (Å²) in [6.45, 7) is 0.413. The van der Waals surface area contributed by atoms with E-state index in [1.54, 1.807) is 41.7 Å². The van der Waals surface area contributed by atoms with Crippen molar-refractivity contribution in [2.45, 2.75) is 43.6 Å². The first-order valence-electron chi connectivity index (χ1n) is 10.3. The van der Waals surface area contributed by atoms with Crippen LogP contribution < -0.4 is 5.32 Å². The monoisotopic (exact) mass is 536 g/mol. The fraction of sp³-hybridized carbons (Fsp3) is 0.391. The molecule has 11 heteroatoms. The third-order valence-corrected chi connectivity index (χ3v) is 7.36. The van der Waals surface area contributed by atoms with Crippen molar-refractivity contribution in [2.24, 2.45) is 11.1 Å². The van der Waals surface area contributed by atoms with E-state index in [9.17, 15) is 18.0 Å². The predicted octanol–water partition coefficient (Wildman–Crippen LogP) is 6.94. The van der Waals surface area contributed by atoms with Crippen LogP contribution in [-0.4, -0.2) is 24.3 Å². The number of amides is 1. The van der Waals surface area contributed by atoms with Gasteiger partial charge in [-0.3, -0.25) is 4.79 Å². The molecule has 1 aliphatic heterocycles. The second kappa shape index (κ2) is 8.88. The van der Waals surface area contributed by atoms with Gasteiger partial charge in [-0.05, 0) is 43.0 Å². The summed E-state index contributed by atoms with van der Waals surface area (Å²) < 4.78 is 52.0. The highest BCUT2D eigenvalue weighted by Gasteiger charge is 2.49. The standard InChI is InChI=1S/C23H19Cl3F4N2O2/c1-21(15-6-16(24)19(26)17(25)7-15)10-18(32-34-21)12-2-4-14(5-3-12)22(27)8-13(9-22)20(33)31-11-23(28,29)30/h2-7,13H,8-11H2,1H3,(H,31,33). The Balaban J connectivity index is 1.40. The van der Waals surface area contributed by atoms with Gasteiger partial charge >= 0.3 is 6.18 Å². The summed E-state index contributed by atoms with van der Waals surface area (Å²) in [5.41, 5.74) is -0.164. The zero-order chi connectivity index (χ0) is 24.9. The van der Waals surface area contributed by atoms with Crippen molar-refractivity contribution in [3.05, 3.63) is 68.2 Å². The van der Waals surface area contributed by atoms with Crippen LogP contribution in [0.1, 0.15) is 42.9 Å². The molecule has 0 aromatic heterocycles. The van der Waals surface area contributed by atoms with E-state index >= 15 is 4.39 Å². The number of hydrogen-bond acceptors (Lipinski definition) is 3. The Morgan fingerprint density at radius 1 is 1.12 bits per heavy atom. The molecule has 1 unspecified atom stereocenters. The molecule has 1 atom stereocenters. The number of nitrogens with zero attached hydrogens (tertiary/aromatic N) is 1. The number of rotatable bonds is 5. The van der Waals surface area contributed by atoms with Gasteiger partial charge in [-0.25, -0.2) is 4.39 Å². The molecule has 4 rings (SSSR count). The summed E-state index contributed by atoms with van der Waals surface area (Å²) in [6, 6.07) is 9.91. The van der Waals surface area contributed by atoms with Crippen LogP contribution in [0.2, 0.25) is 15.1 Å². The van der Waals surface area contributed by atoms with Gasteiger partial charge in [0, 0.05) is 17.9 Å². The van der Waals surface area contributed by atoms with Gasteiger partial charge in [-0.2, -0.15) is 13.2 Å². The average molecular weight is 538 g/mol. The van der Waals surface area contributed by atoms with E-state index in [0.717, 1.165) is 5.56 Å². The van der Waals surface area contributed by atoms with Crippen molar-refractivity contribution in [3.63, 3.8) is 0 Å². The Labute approximate surface area is 208 Å². The van der Waals surface area contributed by atoms with Gasteiger partial charge in [0.05, 0.1) is 20.8 Å². The number of halogens is 7. The maximum atomic E-state index is 15.2. The number of alkyl halides is 4. The van der Waals surface area contributed by atoms with Gasteiger partial charge in [0.2, 0.25) is 5.91 Å². The minimum Gasteiger partial charge on any atom is -0.384 e. The lowest BCUT2D eigenvalue weighted by molar-refractivity contribution is -0.146. The van der Waals surface area contributed by atoms with Gasteiger partial charge in [-0.1, -0.05) is 64.2 Å². The molecule has 0 saturated heterocycles. The van der Waals surface area contributed by atoms with E-state index in [0.29, 0.717) is 33.3 Å². The minimum atomic E-state index is -4.50. The van der Waals surface area contributed by atoms with Crippen LogP contribution in [0, 0.1) is 5.92 Å². The van der Waals surface area contributed by atoms with Crippen molar-refractivity contribution in [3.8, 4) is 0 Å². The first-order chi connectivity index (χ1) is 15.8. The third-order valence-electron chi connectivity index (χ3n) is 6.17. The lowest BCUT2D eigenvalue weighted by atomic mass is 9.68. The van der Waals surface area contributed by atoms with Gasteiger partial charge in [0.15, 0.2) is 5.60 Å². The molecule has 1 fully saturated rings. The summed E-state index contributed by atoms with van der Waals surface area (Å²) in [5, 5.41) is 6.83. The molecule has 1 aliphatic carbocycles. The van der Waals surface area contributed by atoms with E-state index in [1.165, 1.54) is 0 Å². The molecule has 0 spiro atoms. The Hall–Kier alpha value is -2.03. The largest absolute Gasteiger partial charge is 0.405 e. The number of carbonyl (C=O) groups is 1. The third kappa shape index (κ3) is 4.99. The molecule has 1 amide bonds. The number of hydrogen-bond donors (Lipinski definition) is 1. The Bertz CT molecular complexity index is 1120. The summed E-state index contributed by atoms with van der Waals surface area (Å²) >= 11 is 18.3. The predicted molar refractivity (Wildman–Crippen MR) is 122 cm³/mol. The van der Waals surface area contributed by atoms with E-state index in [4.69, 9.17) is 39.6 Å². The normalized spacial score (nSPS) is 26.5. The Kier molecular flexibility index (Phi) is 6.55. The smallest absolute Gasteiger partial charge is 0.384 e. The van der Waals surface area contributed by atoms with Crippen LogP contribution in [0.4, 0.5) is 17.6 Å². The molecule has 34 heavy (non-hydrogen) atoms. The topological polar surface area (TPSA) is 50.7 Å². The second-order valence-electron chi connectivity index (χ2n) is 8.77. The SMILES string of the molecule is CC1(c2cc(Cl)c(Cl)c(Cl)c2)CC(c2ccc(C3(F)CC(C(=O)NCC(F)(F)F)C3)cc2)=NO1. The molecule has 4 nitrogen and oxygen atoms in total. The molecular weight excluding hydrogens is 519 g/mol. The van der Waals surface area contributed by atoms with Gasteiger partial charge in [-0.15, -0.1) is 0 Å². The summed E-state index contributed by atoms with van der Waals surface area (Å²) in [7, 11) is 0. The van der Waals surface area contributed by atoms with Crippen LogP contribution in [0.15, 0.2) is 41.6 Å². The number of benzene rings is 2. The minimum absolute atomic E-state index is 0.170.